The van der Waals surface area contributed by atoms with E-state index in [2.05, 4.69) is 17.1 Å². The van der Waals surface area contributed by atoms with Crippen LogP contribution in [-0.4, -0.2) is 50.2 Å². The van der Waals surface area contributed by atoms with E-state index in [0.29, 0.717) is 64.5 Å². The van der Waals surface area contributed by atoms with Crippen LogP contribution in [-0.2, 0) is 13.6 Å². The molecule has 198 valence electrons. The van der Waals surface area contributed by atoms with Gasteiger partial charge in [-0.25, -0.2) is 9.48 Å². The summed E-state index contributed by atoms with van der Waals surface area (Å²) >= 11 is 12.9. The molecule has 1 aliphatic heterocycles. The summed E-state index contributed by atoms with van der Waals surface area (Å²) in [5.41, 5.74) is 2.11. The molecule has 9 nitrogen and oxygen atoms in total. The number of aromatic nitrogens is 4. The van der Waals surface area contributed by atoms with Crippen molar-refractivity contribution in [1.29, 1.82) is 0 Å². The fourth-order valence-electron chi connectivity index (χ4n) is 4.93. The summed E-state index contributed by atoms with van der Waals surface area (Å²) in [7, 11) is 1.71. The van der Waals surface area contributed by atoms with Gasteiger partial charge in [0.2, 0.25) is 5.95 Å². The van der Waals surface area contributed by atoms with E-state index in [4.69, 9.17) is 38.4 Å². The molecular weight excluding hydrogens is 527 g/mol. The van der Waals surface area contributed by atoms with E-state index in [-0.39, 0.29) is 11.0 Å². The first kappa shape index (κ1) is 26.1. The number of hydrogen-bond acceptors (Lipinski definition) is 5. The van der Waals surface area contributed by atoms with Crippen molar-refractivity contribution >= 4 is 46.3 Å². The molecule has 0 bridgehead atoms. The third-order valence-corrected chi connectivity index (χ3v) is 8.07. The minimum absolute atomic E-state index is 0.163. The standard InChI is InChI=1S/C27H28Cl2N6O3/c1-27(16-30-26(37)38)11-13-34(14-12-27)25-31-23-20(24(36)33(25)2)22(18-9-6-10-19(28)21(18)29)32-35(23)15-17-7-4-3-5-8-17/h3-10,30H,11-16H2,1-2H3,(H,37,38). The van der Waals surface area contributed by atoms with Crippen LogP contribution >= 0.6 is 23.2 Å². The fraction of sp³-hybridized carbons (Fsp3) is 0.333. The molecule has 3 heterocycles. The molecule has 0 atom stereocenters. The molecule has 2 aromatic heterocycles. The Balaban J connectivity index is 1.60. The molecule has 38 heavy (non-hydrogen) atoms. The van der Waals surface area contributed by atoms with Crippen LogP contribution < -0.4 is 15.8 Å². The zero-order chi connectivity index (χ0) is 27.0. The van der Waals surface area contributed by atoms with E-state index < -0.39 is 6.09 Å². The van der Waals surface area contributed by atoms with Gasteiger partial charge in [-0.05, 0) is 29.9 Å². The first-order chi connectivity index (χ1) is 18.2. The number of rotatable bonds is 6. The maximum Gasteiger partial charge on any atom is 0.404 e. The molecule has 1 fully saturated rings. The number of carboxylic acid groups (broad SMARTS) is 1. The summed E-state index contributed by atoms with van der Waals surface area (Å²) < 4.78 is 3.30. The summed E-state index contributed by atoms with van der Waals surface area (Å²) in [4.78, 5) is 31.9. The minimum Gasteiger partial charge on any atom is -0.465 e. The van der Waals surface area contributed by atoms with E-state index in [1.54, 1.807) is 34.5 Å². The molecule has 0 unspecified atom stereocenters. The average molecular weight is 555 g/mol. The van der Waals surface area contributed by atoms with E-state index >= 15 is 0 Å². The molecule has 1 saturated heterocycles. The highest BCUT2D eigenvalue weighted by Crippen LogP contribution is 2.36. The van der Waals surface area contributed by atoms with Crippen LogP contribution in [0.25, 0.3) is 22.3 Å². The molecule has 5 rings (SSSR count). The zero-order valence-electron chi connectivity index (χ0n) is 21.1. The Morgan fingerprint density at radius 1 is 1.11 bits per heavy atom. The first-order valence-corrected chi connectivity index (χ1v) is 13.1. The van der Waals surface area contributed by atoms with Crippen molar-refractivity contribution < 1.29 is 9.90 Å². The summed E-state index contributed by atoms with van der Waals surface area (Å²) in [6, 6.07) is 15.1. The fourth-order valence-corrected chi connectivity index (χ4v) is 5.32. The van der Waals surface area contributed by atoms with Crippen LogP contribution in [0.15, 0.2) is 53.3 Å². The maximum atomic E-state index is 13.8. The van der Waals surface area contributed by atoms with Gasteiger partial charge in [-0.2, -0.15) is 10.1 Å². The van der Waals surface area contributed by atoms with Gasteiger partial charge in [0.15, 0.2) is 5.65 Å². The number of hydrogen-bond donors (Lipinski definition) is 2. The summed E-state index contributed by atoms with van der Waals surface area (Å²) in [6.45, 7) is 4.17. The molecule has 0 aliphatic carbocycles. The topological polar surface area (TPSA) is 105 Å². The van der Waals surface area contributed by atoms with Crippen molar-refractivity contribution in [2.75, 3.05) is 24.5 Å². The van der Waals surface area contributed by atoms with Crippen molar-refractivity contribution in [1.82, 2.24) is 24.6 Å². The number of fused-ring (bicyclic) bond motifs is 1. The highest BCUT2D eigenvalue weighted by molar-refractivity contribution is 6.43. The van der Waals surface area contributed by atoms with Gasteiger partial charge in [0.1, 0.15) is 11.1 Å². The van der Waals surface area contributed by atoms with E-state index in [9.17, 15) is 9.59 Å². The zero-order valence-corrected chi connectivity index (χ0v) is 22.6. The van der Waals surface area contributed by atoms with Gasteiger partial charge in [-0.1, -0.05) is 72.6 Å². The molecule has 0 saturated carbocycles. The molecule has 0 radical (unpaired) electrons. The minimum atomic E-state index is -1.02. The molecule has 2 N–H and O–H groups in total. The number of amides is 1. The molecule has 2 aromatic carbocycles. The van der Waals surface area contributed by atoms with E-state index in [1.165, 1.54) is 0 Å². The average Bonchev–Trinajstić information content (AvgIpc) is 3.25. The van der Waals surface area contributed by atoms with Crippen molar-refractivity contribution in [2.24, 2.45) is 12.5 Å². The molecule has 0 spiro atoms. The summed E-state index contributed by atoms with van der Waals surface area (Å²) in [5.74, 6) is 0.550. The Kier molecular flexibility index (Phi) is 7.07. The lowest BCUT2D eigenvalue weighted by atomic mass is 9.80. The Hall–Kier alpha value is -3.56. The molecule has 1 amide bonds. The third kappa shape index (κ3) is 4.96. The Labute approximate surface area is 229 Å². The number of nitrogens with one attached hydrogen (secondary N) is 1. The Morgan fingerprint density at radius 2 is 1.82 bits per heavy atom. The highest BCUT2D eigenvalue weighted by Gasteiger charge is 2.32. The highest BCUT2D eigenvalue weighted by atomic mass is 35.5. The second kappa shape index (κ2) is 10.3. The van der Waals surface area contributed by atoms with Gasteiger partial charge >= 0.3 is 6.09 Å². The number of anilines is 1. The third-order valence-electron chi connectivity index (χ3n) is 7.25. The van der Waals surface area contributed by atoms with Crippen molar-refractivity contribution in [3.8, 4) is 11.3 Å². The molecule has 11 heteroatoms. The van der Waals surface area contributed by atoms with Gasteiger partial charge in [0, 0.05) is 32.2 Å². The summed E-state index contributed by atoms with van der Waals surface area (Å²) in [5, 5.41) is 17.4. The van der Waals surface area contributed by atoms with Gasteiger partial charge in [0.05, 0.1) is 16.6 Å². The molecule has 1 aliphatic rings. The predicted molar refractivity (Wildman–Crippen MR) is 149 cm³/mol. The monoisotopic (exact) mass is 554 g/mol. The lowest BCUT2D eigenvalue weighted by Gasteiger charge is -2.40. The SMILES string of the molecule is Cn1c(N2CCC(C)(CNC(=O)O)CC2)nc2c(c(-c3cccc(Cl)c3Cl)nn2Cc2ccccc2)c1=O. The number of halogens is 2. The molecule has 4 aromatic rings. The van der Waals surface area contributed by atoms with Gasteiger partial charge in [-0.3, -0.25) is 9.36 Å². The molecular formula is C27H28Cl2N6O3. The van der Waals surface area contributed by atoms with Crippen molar-refractivity contribution in [3.05, 3.63) is 74.5 Å². The Morgan fingerprint density at radius 3 is 2.50 bits per heavy atom. The lowest BCUT2D eigenvalue weighted by molar-refractivity contribution is 0.178. The largest absolute Gasteiger partial charge is 0.465 e. The van der Waals surface area contributed by atoms with Gasteiger partial charge in [0.25, 0.3) is 5.56 Å². The van der Waals surface area contributed by atoms with Crippen LogP contribution in [0.4, 0.5) is 10.7 Å². The normalized spacial score (nSPS) is 15.1. The van der Waals surface area contributed by atoms with E-state index in [0.717, 1.165) is 18.4 Å². The number of carbonyl (C=O) groups is 1. The van der Waals surface area contributed by atoms with E-state index in [1.807, 2.05) is 30.3 Å². The van der Waals surface area contributed by atoms with Crippen LogP contribution in [0, 0.1) is 5.41 Å². The van der Waals surface area contributed by atoms with Crippen LogP contribution in [0.3, 0.4) is 0 Å². The maximum absolute atomic E-state index is 13.8. The second-order valence-electron chi connectivity index (χ2n) is 10.0. The smallest absolute Gasteiger partial charge is 0.404 e. The Bertz CT molecular complexity index is 1560. The van der Waals surface area contributed by atoms with Crippen molar-refractivity contribution in [3.63, 3.8) is 0 Å². The van der Waals surface area contributed by atoms with Crippen molar-refractivity contribution in [2.45, 2.75) is 26.3 Å². The summed E-state index contributed by atoms with van der Waals surface area (Å²) in [6.07, 6.45) is 0.493. The number of benzene rings is 2. The van der Waals surface area contributed by atoms with Gasteiger partial charge in [-0.15, -0.1) is 0 Å². The predicted octanol–water partition coefficient (Wildman–Crippen LogP) is 5.03. The quantitative estimate of drug-likeness (QED) is 0.346. The number of piperidine rings is 1. The number of nitrogens with zero attached hydrogens (tertiary/aromatic N) is 5. The van der Waals surface area contributed by atoms with Crippen LogP contribution in [0.5, 0.6) is 0 Å². The lowest BCUT2D eigenvalue weighted by Crippen LogP contribution is -2.46. The second-order valence-corrected chi connectivity index (χ2v) is 10.8. The first-order valence-electron chi connectivity index (χ1n) is 12.3. The van der Waals surface area contributed by atoms with Crippen LogP contribution in [0.1, 0.15) is 25.3 Å². The van der Waals surface area contributed by atoms with Crippen LogP contribution in [0.2, 0.25) is 10.0 Å². The van der Waals surface area contributed by atoms with Gasteiger partial charge < -0.3 is 15.3 Å².